The van der Waals surface area contributed by atoms with Gasteiger partial charge in [0.25, 0.3) is 11.4 Å². The lowest BCUT2D eigenvalue weighted by atomic mass is 9.77. The molecule has 2 aromatic heterocycles. The van der Waals surface area contributed by atoms with Crippen molar-refractivity contribution in [2.24, 2.45) is 21.8 Å². The molecule has 2 aromatic carbocycles. The molecule has 4 aliphatic carbocycles. The average molecular weight is 819 g/mol. The number of ether oxygens (including phenoxy) is 2. The summed E-state index contributed by atoms with van der Waals surface area (Å²) >= 11 is 2.64. The maximum absolute atomic E-state index is 13.6. The zero-order chi connectivity index (χ0) is 41.8. The maximum Gasteiger partial charge on any atom is 0.271 e. The standard InChI is InChI=1S/C46H26N8O4S2/c1-45(2)41-39(59-43(53-41)51-35-33(29(19-47)49-5)23-11-7-9-13-25(23)37(35)55)27-15-22-18-32-28(16-21(22)17-31(27)57-45)40-42(46(3,4)58-32)54-44(60-40)52-36-34(30(20-48)50-6)24-12-8-10-14-26(24)38(36)56/h7-18,21-22H,1-4H3/b33-29+,34-30?,51-35?,52-36?. The number of thiazole rings is 2. The molecule has 2 atom stereocenters. The zero-order valence-corrected chi connectivity index (χ0v) is 33.7. The fraction of sp³-hybridized carbons (Fsp3) is 0.174. The van der Waals surface area contributed by atoms with Crippen LogP contribution in [0.25, 0.3) is 32.0 Å². The lowest BCUT2D eigenvalue weighted by Crippen LogP contribution is -2.32. The fourth-order valence-electron chi connectivity index (χ4n) is 8.41. The van der Waals surface area contributed by atoms with E-state index < -0.39 is 11.2 Å². The Bertz CT molecular complexity index is 2960. The molecule has 0 saturated carbocycles. The van der Waals surface area contributed by atoms with Gasteiger partial charge in [0.15, 0.2) is 0 Å². The second kappa shape index (κ2) is 12.9. The highest BCUT2D eigenvalue weighted by Crippen LogP contribution is 2.55. The maximum atomic E-state index is 13.6. The van der Waals surface area contributed by atoms with Gasteiger partial charge in [0.05, 0.1) is 35.0 Å². The predicted octanol–water partition coefficient (Wildman–Crippen LogP) is 9.87. The monoisotopic (exact) mass is 818 g/mol. The highest BCUT2D eigenvalue weighted by molar-refractivity contribution is 7.17. The normalized spacial score (nSPS) is 23.7. The molecule has 2 aliphatic heterocycles. The molecule has 12 nitrogen and oxygen atoms in total. The number of benzene rings is 2. The van der Waals surface area contributed by atoms with E-state index in [1.807, 2.05) is 39.8 Å². The van der Waals surface area contributed by atoms with E-state index in [0.29, 0.717) is 55.4 Å². The summed E-state index contributed by atoms with van der Waals surface area (Å²) < 4.78 is 13.3. The molecule has 0 amide bonds. The largest absolute Gasteiger partial charge is 0.481 e. The predicted molar refractivity (Wildman–Crippen MR) is 226 cm³/mol. The molecular formula is C46H26N8O4S2. The highest BCUT2D eigenvalue weighted by atomic mass is 32.1. The number of allylic oxidation sites excluding steroid dienone is 10. The molecule has 60 heavy (non-hydrogen) atoms. The smallest absolute Gasteiger partial charge is 0.271 e. The Hall–Kier alpha value is -7.62. The van der Waals surface area contributed by atoms with Gasteiger partial charge in [-0.25, -0.2) is 40.2 Å². The van der Waals surface area contributed by atoms with Crippen LogP contribution in [0.1, 0.15) is 80.7 Å². The van der Waals surface area contributed by atoms with Crippen molar-refractivity contribution in [3.63, 3.8) is 0 Å². The Morgan fingerprint density at radius 3 is 1.42 bits per heavy atom. The summed E-state index contributed by atoms with van der Waals surface area (Å²) in [5.41, 5.74) is 3.05. The third kappa shape index (κ3) is 5.29. The number of rotatable bonds is 2. The van der Waals surface area contributed by atoms with E-state index in [0.717, 1.165) is 20.9 Å². The van der Waals surface area contributed by atoms with Crippen LogP contribution in [-0.4, -0.2) is 33.0 Å². The first-order chi connectivity index (χ1) is 28.8. The van der Waals surface area contributed by atoms with E-state index in [4.69, 9.17) is 42.6 Å². The van der Waals surface area contributed by atoms with Crippen LogP contribution in [0, 0.1) is 47.6 Å². The van der Waals surface area contributed by atoms with Gasteiger partial charge in [-0.15, -0.1) is 0 Å². The molecule has 0 fully saturated rings. The summed E-state index contributed by atoms with van der Waals surface area (Å²) in [6.45, 7) is 23.0. The number of hydrogen-bond donors (Lipinski definition) is 0. The van der Waals surface area contributed by atoms with E-state index in [9.17, 15) is 20.1 Å². The lowest BCUT2D eigenvalue weighted by molar-refractivity contribution is 0.0280. The van der Waals surface area contributed by atoms with Crippen molar-refractivity contribution >= 4 is 78.2 Å². The number of fused-ring (bicyclic) bond motifs is 9. The lowest BCUT2D eigenvalue weighted by Gasteiger charge is -2.39. The van der Waals surface area contributed by atoms with Crippen molar-refractivity contribution in [2.45, 2.75) is 38.9 Å². The van der Waals surface area contributed by atoms with E-state index in [2.05, 4.69) is 34.0 Å². The Morgan fingerprint density at radius 1 is 0.667 bits per heavy atom. The molecule has 2 unspecified atom stereocenters. The van der Waals surface area contributed by atoms with Gasteiger partial charge in [0.1, 0.15) is 45.5 Å². The third-order valence-corrected chi connectivity index (χ3v) is 13.0. The SMILES string of the molecule is [C-]#[N+]C(C#N)=C1C(=Nc2nc3c(s2)C2=CC4C=C5OC(C)(C)c6nc(N=C7C(=O)c8ccccc8/C7=C(/C#N)[N+]#[C-])sc6C5=CC4C=C2OC3(C)C)C(=O)c2ccccc21. The molecule has 14 heteroatoms. The molecule has 0 radical (unpaired) electrons. The molecule has 6 aliphatic rings. The highest BCUT2D eigenvalue weighted by Gasteiger charge is 2.45. The molecule has 4 heterocycles. The summed E-state index contributed by atoms with van der Waals surface area (Å²) in [5, 5.41) is 20.2. The molecule has 0 bridgehead atoms. The number of aromatic nitrogens is 2. The number of hydrogen-bond acceptors (Lipinski definition) is 12. The van der Waals surface area contributed by atoms with E-state index >= 15 is 0 Å². The molecule has 0 N–H and O–H groups in total. The molecular weight excluding hydrogens is 793 g/mol. The van der Waals surface area contributed by atoms with Crippen LogP contribution in [0.15, 0.2) is 106 Å². The van der Waals surface area contributed by atoms with Gasteiger partial charge in [0, 0.05) is 45.3 Å². The van der Waals surface area contributed by atoms with Crippen molar-refractivity contribution in [1.82, 2.24) is 9.97 Å². The minimum Gasteiger partial charge on any atom is -0.481 e. The van der Waals surface area contributed by atoms with Crippen LogP contribution < -0.4 is 0 Å². The summed E-state index contributed by atoms with van der Waals surface area (Å²) in [4.78, 5) is 54.9. The number of nitriles is 2. The van der Waals surface area contributed by atoms with Gasteiger partial charge in [-0.2, -0.15) is 0 Å². The Morgan fingerprint density at radius 2 is 1.05 bits per heavy atom. The minimum atomic E-state index is -0.862. The van der Waals surface area contributed by atoms with E-state index in [1.165, 1.54) is 22.7 Å². The Balaban J connectivity index is 1.03. The number of nitrogens with zero attached hydrogens (tertiary/aromatic N) is 8. The number of carbonyl (C=O) groups excluding carboxylic acids is 2. The van der Waals surface area contributed by atoms with Crippen LogP contribution in [0.5, 0.6) is 0 Å². The number of aliphatic imine (C=N–C) groups is 2. The van der Waals surface area contributed by atoms with Gasteiger partial charge >= 0.3 is 0 Å². The van der Waals surface area contributed by atoms with Crippen molar-refractivity contribution in [2.75, 3.05) is 0 Å². The van der Waals surface area contributed by atoms with Crippen LogP contribution >= 0.6 is 22.7 Å². The first-order valence-corrected chi connectivity index (χ1v) is 20.3. The molecule has 10 rings (SSSR count). The van der Waals surface area contributed by atoms with Gasteiger partial charge in [-0.1, -0.05) is 83.4 Å². The third-order valence-electron chi connectivity index (χ3n) is 11.1. The number of Topliss-reactive ketones (excluding diaryl/α,β-unsaturated/α-hetero) is 2. The second-order valence-corrected chi connectivity index (χ2v) is 17.5. The zero-order valence-electron chi connectivity index (χ0n) is 32.1. The van der Waals surface area contributed by atoms with Gasteiger partial charge in [0.2, 0.25) is 21.8 Å². The van der Waals surface area contributed by atoms with Gasteiger partial charge in [-0.05, 0) is 51.0 Å². The summed E-state index contributed by atoms with van der Waals surface area (Å²) in [5.74, 6) is 0.359. The van der Waals surface area contributed by atoms with E-state index in [1.54, 1.807) is 48.5 Å². The number of carbonyl (C=O) groups is 2. The van der Waals surface area contributed by atoms with Gasteiger partial charge < -0.3 is 9.47 Å². The van der Waals surface area contributed by atoms with Crippen molar-refractivity contribution in [3.05, 3.63) is 162 Å². The number of ketones is 2. The Kier molecular flexibility index (Phi) is 7.92. The average Bonchev–Trinajstić information content (AvgIpc) is 3.99. The van der Waals surface area contributed by atoms with Crippen molar-refractivity contribution in [1.29, 1.82) is 10.5 Å². The van der Waals surface area contributed by atoms with E-state index in [-0.39, 0.29) is 57.4 Å². The topological polar surface area (TPSA) is 159 Å². The quantitative estimate of drug-likeness (QED) is 0.143. The van der Waals surface area contributed by atoms with Crippen LogP contribution in [-0.2, 0) is 20.7 Å². The summed E-state index contributed by atoms with van der Waals surface area (Å²) in [7, 11) is 0. The van der Waals surface area contributed by atoms with Gasteiger partial charge in [-0.3, -0.25) is 9.59 Å². The molecule has 0 saturated heterocycles. The van der Waals surface area contributed by atoms with Crippen LogP contribution in [0.3, 0.4) is 0 Å². The van der Waals surface area contributed by atoms with Crippen LogP contribution in [0.4, 0.5) is 10.3 Å². The van der Waals surface area contributed by atoms with Crippen molar-refractivity contribution < 1.29 is 19.1 Å². The first-order valence-electron chi connectivity index (χ1n) is 18.6. The summed E-state index contributed by atoms with van der Waals surface area (Å²) in [6, 6.07) is 17.6. The van der Waals surface area contributed by atoms with Crippen molar-refractivity contribution in [3.8, 4) is 12.1 Å². The fourth-order valence-corrected chi connectivity index (χ4v) is 10.7. The summed E-state index contributed by atoms with van der Waals surface area (Å²) in [6.07, 6.45) is 8.44. The molecule has 286 valence electrons. The van der Waals surface area contributed by atoms with Crippen LogP contribution in [0.2, 0.25) is 0 Å². The Labute approximate surface area is 351 Å². The molecule has 0 spiro atoms. The molecule has 4 aromatic rings. The minimum absolute atomic E-state index is 0.0119. The second-order valence-electron chi connectivity index (χ2n) is 15.5. The first kappa shape index (κ1) is 36.7.